The van der Waals surface area contributed by atoms with Crippen molar-refractivity contribution >= 4 is 12.0 Å². The van der Waals surface area contributed by atoms with Crippen molar-refractivity contribution in [1.82, 2.24) is 10.2 Å². The number of hydrogen-bond acceptors (Lipinski definition) is 2. The number of carbonyl (C=O) groups is 2. The second kappa shape index (κ2) is 9.18. The molecule has 0 spiro atoms. The fourth-order valence-electron chi connectivity index (χ4n) is 2.41. The number of aryl methyl sites for hydroxylation is 1. The maximum Gasteiger partial charge on any atom is 0.317 e. The van der Waals surface area contributed by atoms with E-state index in [0.29, 0.717) is 13.1 Å². The van der Waals surface area contributed by atoms with E-state index >= 15 is 0 Å². The van der Waals surface area contributed by atoms with Gasteiger partial charge in [-0.3, -0.25) is 4.79 Å². The van der Waals surface area contributed by atoms with Crippen LogP contribution in [-0.4, -0.2) is 34.6 Å². The molecule has 0 aromatic heterocycles. The fourth-order valence-corrected chi connectivity index (χ4v) is 2.41. The highest BCUT2D eigenvalue weighted by Gasteiger charge is 2.22. The molecule has 0 aliphatic rings. The summed E-state index contributed by atoms with van der Waals surface area (Å²) >= 11 is 0. The molecule has 0 bridgehead atoms. The summed E-state index contributed by atoms with van der Waals surface area (Å²) in [4.78, 5) is 25.3. The zero-order chi connectivity index (χ0) is 17.4. The van der Waals surface area contributed by atoms with Gasteiger partial charge in [-0.15, -0.1) is 0 Å². The molecule has 5 nitrogen and oxygen atoms in total. The molecule has 23 heavy (non-hydrogen) atoms. The number of hydrogen-bond donors (Lipinski definition) is 2. The number of carboxylic acid groups (broad SMARTS) is 1. The van der Waals surface area contributed by atoms with Crippen LogP contribution in [0.15, 0.2) is 24.3 Å². The molecule has 1 rings (SSSR count). The molecule has 0 radical (unpaired) electrons. The standard InChI is InChI=1S/C18H28N2O3/c1-5-10-20(12-15-9-7-6-8-14(15)4)18(23)19-16(13(2)3)11-17(21)22/h6-9,13,16H,5,10-12H2,1-4H3,(H,19,23)(H,21,22)/t16-/m1/s1. The summed E-state index contributed by atoms with van der Waals surface area (Å²) in [5.74, 6) is -0.832. The summed E-state index contributed by atoms with van der Waals surface area (Å²) in [5, 5.41) is 11.9. The van der Waals surface area contributed by atoms with E-state index in [1.165, 1.54) is 0 Å². The molecule has 0 fully saturated rings. The third kappa shape index (κ3) is 6.30. The smallest absolute Gasteiger partial charge is 0.317 e. The Labute approximate surface area is 138 Å². The van der Waals surface area contributed by atoms with Gasteiger partial charge in [0.05, 0.1) is 6.42 Å². The average Bonchev–Trinajstić information content (AvgIpc) is 2.47. The predicted octanol–water partition coefficient (Wildman–Crippen LogP) is 3.42. The van der Waals surface area contributed by atoms with Crippen molar-refractivity contribution in [1.29, 1.82) is 0 Å². The topological polar surface area (TPSA) is 69.6 Å². The molecule has 1 atom stereocenters. The minimum absolute atomic E-state index is 0.0618. The summed E-state index contributed by atoms with van der Waals surface area (Å²) in [5.41, 5.74) is 2.25. The lowest BCUT2D eigenvalue weighted by Gasteiger charge is -2.28. The number of carbonyl (C=O) groups excluding carboxylic acids is 1. The maximum atomic E-state index is 12.6. The van der Waals surface area contributed by atoms with E-state index in [0.717, 1.165) is 17.5 Å². The minimum atomic E-state index is -0.898. The van der Waals surface area contributed by atoms with Crippen LogP contribution in [0.2, 0.25) is 0 Å². The van der Waals surface area contributed by atoms with Gasteiger partial charge >= 0.3 is 12.0 Å². The van der Waals surface area contributed by atoms with Crippen LogP contribution in [0.25, 0.3) is 0 Å². The lowest BCUT2D eigenvalue weighted by molar-refractivity contribution is -0.137. The average molecular weight is 320 g/mol. The summed E-state index contributed by atoms with van der Waals surface area (Å²) in [6, 6.07) is 7.42. The first-order valence-electron chi connectivity index (χ1n) is 8.16. The lowest BCUT2D eigenvalue weighted by Crippen LogP contribution is -2.47. The van der Waals surface area contributed by atoms with Crippen LogP contribution in [-0.2, 0) is 11.3 Å². The van der Waals surface area contributed by atoms with Gasteiger partial charge in [0.2, 0.25) is 0 Å². The second-order valence-electron chi connectivity index (χ2n) is 6.25. The van der Waals surface area contributed by atoms with Crippen LogP contribution in [0.1, 0.15) is 44.7 Å². The van der Waals surface area contributed by atoms with E-state index in [2.05, 4.69) is 5.32 Å². The Morgan fingerprint density at radius 1 is 1.26 bits per heavy atom. The van der Waals surface area contributed by atoms with Crippen molar-refractivity contribution in [2.75, 3.05) is 6.54 Å². The van der Waals surface area contributed by atoms with Gasteiger partial charge in [-0.2, -0.15) is 0 Å². The van der Waals surface area contributed by atoms with Gasteiger partial charge in [0, 0.05) is 19.1 Å². The van der Waals surface area contributed by atoms with E-state index in [4.69, 9.17) is 5.11 Å². The molecule has 0 saturated heterocycles. The molecule has 0 heterocycles. The van der Waals surface area contributed by atoms with Crippen molar-refractivity contribution in [3.05, 3.63) is 35.4 Å². The summed E-state index contributed by atoms with van der Waals surface area (Å²) in [6.07, 6.45) is 0.790. The first-order chi connectivity index (χ1) is 10.8. The molecule has 5 heteroatoms. The Bertz CT molecular complexity index is 529. The normalized spacial score (nSPS) is 12.0. The molecule has 0 unspecified atom stereocenters. The summed E-state index contributed by atoms with van der Waals surface area (Å²) in [7, 11) is 0. The lowest BCUT2D eigenvalue weighted by atomic mass is 10.0. The number of carboxylic acids is 1. The first-order valence-corrected chi connectivity index (χ1v) is 8.16. The SMILES string of the molecule is CCCN(Cc1ccccc1C)C(=O)N[C@H](CC(=O)O)C(C)C. The van der Waals surface area contributed by atoms with Gasteiger partial charge < -0.3 is 15.3 Å². The monoisotopic (exact) mass is 320 g/mol. The fraction of sp³-hybridized carbons (Fsp3) is 0.556. The maximum absolute atomic E-state index is 12.6. The van der Waals surface area contributed by atoms with E-state index in [1.807, 2.05) is 52.0 Å². The minimum Gasteiger partial charge on any atom is -0.481 e. The van der Waals surface area contributed by atoms with Gasteiger partial charge in [-0.25, -0.2) is 4.79 Å². The highest BCUT2D eigenvalue weighted by atomic mass is 16.4. The molecule has 128 valence electrons. The first kappa shape index (κ1) is 19.0. The molecule has 0 saturated carbocycles. The van der Waals surface area contributed by atoms with Crippen molar-refractivity contribution in [2.24, 2.45) is 5.92 Å². The zero-order valence-electron chi connectivity index (χ0n) is 14.5. The van der Waals surface area contributed by atoms with Crippen LogP contribution in [0.3, 0.4) is 0 Å². The summed E-state index contributed by atoms with van der Waals surface area (Å²) < 4.78 is 0. The quantitative estimate of drug-likeness (QED) is 0.771. The van der Waals surface area contributed by atoms with E-state index in [-0.39, 0.29) is 24.4 Å². The number of nitrogens with zero attached hydrogens (tertiary/aromatic N) is 1. The van der Waals surface area contributed by atoms with Gasteiger partial charge in [0.15, 0.2) is 0 Å². The third-order valence-electron chi connectivity index (χ3n) is 3.91. The van der Waals surface area contributed by atoms with Crippen LogP contribution < -0.4 is 5.32 Å². The van der Waals surface area contributed by atoms with Crippen LogP contribution >= 0.6 is 0 Å². The molecule has 1 aromatic rings. The molecule has 2 amide bonds. The molecular formula is C18H28N2O3. The second-order valence-corrected chi connectivity index (χ2v) is 6.25. The highest BCUT2D eigenvalue weighted by Crippen LogP contribution is 2.13. The number of nitrogens with one attached hydrogen (secondary N) is 1. The molecule has 0 aliphatic carbocycles. The van der Waals surface area contributed by atoms with Gasteiger partial charge in [-0.1, -0.05) is 45.0 Å². The van der Waals surface area contributed by atoms with Crippen molar-refractivity contribution in [2.45, 2.75) is 53.1 Å². The van der Waals surface area contributed by atoms with E-state index in [9.17, 15) is 9.59 Å². The van der Waals surface area contributed by atoms with Gasteiger partial charge in [-0.05, 0) is 30.4 Å². The van der Waals surface area contributed by atoms with Gasteiger partial charge in [0.25, 0.3) is 0 Å². The van der Waals surface area contributed by atoms with Crippen LogP contribution in [0, 0.1) is 12.8 Å². The molecular weight excluding hydrogens is 292 g/mol. The number of aliphatic carboxylic acids is 1. The zero-order valence-corrected chi connectivity index (χ0v) is 14.5. The van der Waals surface area contributed by atoms with E-state index < -0.39 is 5.97 Å². The predicted molar refractivity (Wildman–Crippen MR) is 91.3 cm³/mol. The van der Waals surface area contributed by atoms with Crippen LogP contribution in [0.5, 0.6) is 0 Å². The number of rotatable bonds is 8. The Hall–Kier alpha value is -2.04. The van der Waals surface area contributed by atoms with Crippen molar-refractivity contribution in [3.63, 3.8) is 0 Å². The van der Waals surface area contributed by atoms with Crippen molar-refractivity contribution in [3.8, 4) is 0 Å². The van der Waals surface area contributed by atoms with Crippen molar-refractivity contribution < 1.29 is 14.7 Å². The largest absolute Gasteiger partial charge is 0.481 e. The number of benzene rings is 1. The molecule has 0 aliphatic heterocycles. The number of urea groups is 1. The Kier molecular flexibility index (Phi) is 7.59. The Morgan fingerprint density at radius 2 is 1.91 bits per heavy atom. The van der Waals surface area contributed by atoms with Gasteiger partial charge in [0.1, 0.15) is 0 Å². The third-order valence-corrected chi connectivity index (χ3v) is 3.91. The van der Waals surface area contributed by atoms with E-state index in [1.54, 1.807) is 4.90 Å². The van der Waals surface area contributed by atoms with Crippen LogP contribution in [0.4, 0.5) is 4.79 Å². The number of amides is 2. The molecule has 1 aromatic carbocycles. The molecule has 2 N–H and O–H groups in total. The highest BCUT2D eigenvalue weighted by molar-refractivity contribution is 5.76. The Balaban J connectivity index is 2.81. The summed E-state index contributed by atoms with van der Waals surface area (Å²) in [6.45, 7) is 9.05. The Morgan fingerprint density at radius 3 is 2.43 bits per heavy atom.